The molecule has 1 amide bonds. The quantitative estimate of drug-likeness (QED) is 0.757. The summed E-state index contributed by atoms with van der Waals surface area (Å²) >= 11 is 0. The Labute approximate surface area is 160 Å². The first-order valence-corrected chi connectivity index (χ1v) is 8.84. The fraction of sp³-hybridized carbons (Fsp3) is 0.350. The van der Waals surface area contributed by atoms with Gasteiger partial charge in [0.1, 0.15) is 6.61 Å². The fourth-order valence-electron chi connectivity index (χ4n) is 2.92. The molecule has 0 saturated carbocycles. The summed E-state index contributed by atoms with van der Waals surface area (Å²) in [6.07, 6.45) is -3.60. The maximum atomic E-state index is 12.6. The minimum atomic E-state index is -4.36. The Morgan fingerprint density at radius 3 is 2.43 bits per heavy atom. The zero-order chi connectivity index (χ0) is 20.1. The zero-order valence-corrected chi connectivity index (χ0v) is 15.3. The van der Waals surface area contributed by atoms with Crippen molar-refractivity contribution in [3.8, 4) is 11.5 Å². The summed E-state index contributed by atoms with van der Waals surface area (Å²) in [5, 5.41) is 5.97. The van der Waals surface area contributed by atoms with Gasteiger partial charge in [-0.2, -0.15) is 13.2 Å². The van der Waals surface area contributed by atoms with Crippen LogP contribution in [0.4, 0.5) is 13.2 Å². The summed E-state index contributed by atoms with van der Waals surface area (Å²) in [6.45, 7) is 1.30. The molecule has 1 aliphatic rings. The molecule has 0 bridgehead atoms. The molecule has 1 fully saturated rings. The van der Waals surface area contributed by atoms with E-state index in [4.69, 9.17) is 9.47 Å². The molecule has 1 heterocycles. The van der Waals surface area contributed by atoms with Crippen LogP contribution in [-0.4, -0.2) is 25.6 Å². The Morgan fingerprint density at radius 2 is 1.82 bits per heavy atom. The molecule has 3 rings (SSSR count). The summed E-state index contributed by atoms with van der Waals surface area (Å²) in [4.78, 5) is 11.6. The van der Waals surface area contributed by atoms with Crippen molar-refractivity contribution in [1.82, 2.24) is 10.6 Å². The second kappa shape index (κ2) is 8.52. The number of methoxy groups -OCH3 is 1. The van der Waals surface area contributed by atoms with Gasteiger partial charge in [0.05, 0.1) is 18.7 Å². The van der Waals surface area contributed by atoms with Crippen molar-refractivity contribution in [2.24, 2.45) is 0 Å². The van der Waals surface area contributed by atoms with E-state index in [2.05, 4.69) is 10.6 Å². The Hall–Kier alpha value is -2.74. The van der Waals surface area contributed by atoms with E-state index in [1.807, 2.05) is 12.1 Å². The number of halogens is 3. The molecule has 0 aromatic heterocycles. The van der Waals surface area contributed by atoms with E-state index in [0.717, 1.165) is 24.1 Å². The number of benzene rings is 2. The van der Waals surface area contributed by atoms with Crippen LogP contribution in [0.15, 0.2) is 42.5 Å². The van der Waals surface area contributed by atoms with Crippen LogP contribution in [0.2, 0.25) is 0 Å². The van der Waals surface area contributed by atoms with Crippen molar-refractivity contribution < 1.29 is 27.4 Å². The van der Waals surface area contributed by atoms with Gasteiger partial charge >= 0.3 is 6.18 Å². The van der Waals surface area contributed by atoms with Crippen molar-refractivity contribution in [2.75, 3.05) is 13.7 Å². The lowest BCUT2D eigenvalue weighted by molar-refractivity contribution is -0.137. The summed E-state index contributed by atoms with van der Waals surface area (Å²) in [7, 11) is 1.52. The first-order valence-electron chi connectivity index (χ1n) is 8.84. The Balaban J connectivity index is 1.60. The average Bonchev–Trinajstić information content (AvgIpc) is 3.09. The molecule has 150 valence electrons. The van der Waals surface area contributed by atoms with Gasteiger partial charge in [0, 0.05) is 13.1 Å². The van der Waals surface area contributed by atoms with Crippen LogP contribution in [0.1, 0.15) is 23.1 Å². The van der Waals surface area contributed by atoms with Crippen LogP contribution in [0.5, 0.6) is 11.5 Å². The number of amides is 1. The maximum absolute atomic E-state index is 12.6. The largest absolute Gasteiger partial charge is 0.493 e. The monoisotopic (exact) mass is 394 g/mol. The summed E-state index contributed by atoms with van der Waals surface area (Å²) in [6, 6.07) is 10.1. The number of hydrogen-bond acceptors (Lipinski definition) is 4. The highest BCUT2D eigenvalue weighted by molar-refractivity contribution is 5.83. The molecule has 1 saturated heterocycles. The molecule has 1 aliphatic heterocycles. The fourth-order valence-corrected chi connectivity index (χ4v) is 2.92. The van der Waals surface area contributed by atoms with Gasteiger partial charge in [-0.3, -0.25) is 4.79 Å². The number of hydrogen-bond donors (Lipinski definition) is 2. The van der Waals surface area contributed by atoms with Crippen LogP contribution in [-0.2, 0) is 24.1 Å². The number of carbonyl (C=O) groups is 1. The standard InChI is InChI=1S/C20H21F3N2O3/c1-27-18-10-14(11-25-16-8-9-24-19(16)26)4-7-17(18)28-12-13-2-5-15(6-3-13)20(21,22)23/h2-7,10,16,25H,8-9,11-12H2,1H3,(H,24,26). The van der Waals surface area contributed by atoms with Gasteiger partial charge in [0.25, 0.3) is 0 Å². The summed E-state index contributed by atoms with van der Waals surface area (Å²) in [5.74, 6) is 1.01. The van der Waals surface area contributed by atoms with E-state index >= 15 is 0 Å². The molecule has 2 aromatic carbocycles. The first-order chi connectivity index (χ1) is 13.4. The predicted octanol–water partition coefficient (Wildman–Crippen LogP) is 3.27. The van der Waals surface area contributed by atoms with Gasteiger partial charge < -0.3 is 20.1 Å². The molecule has 0 spiro atoms. The number of carbonyl (C=O) groups excluding carboxylic acids is 1. The third-order valence-corrected chi connectivity index (χ3v) is 4.50. The maximum Gasteiger partial charge on any atom is 0.416 e. The van der Waals surface area contributed by atoms with Crippen LogP contribution < -0.4 is 20.1 Å². The minimum Gasteiger partial charge on any atom is -0.493 e. The molecular formula is C20H21F3N2O3. The summed E-state index contributed by atoms with van der Waals surface area (Å²) < 4.78 is 48.9. The lowest BCUT2D eigenvalue weighted by atomic mass is 10.1. The lowest BCUT2D eigenvalue weighted by Crippen LogP contribution is -2.35. The molecule has 28 heavy (non-hydrogen) atoms. The van der Waals surface area contributed by atoms with E-state index in [0.29, 0.717) is 30.2 Å². The third kappa shape index (κ3) is 4.95. The number of ether oxygens (including phenoxy) is 2. The van der Waals surface area contributed by atoms with E-state index in [1.165, 1.54) is 19.2 Å². The van der Waals surface area contributed by atoms with E-state index in [-0.39, 0.29) is 18.6 Å². The smallest absolute Gasteiger partial charge is 0.416 e. The Bertz CT molecular complexity index is 822. The molecule has 2 N–H and O–H groups in total. The summed E-state index contributed by atoms with van der Waals surface area (Å²) in [5.41, 5.74) is 0.855. The van der Waals surface area contributed by atoms with Crippen molar-refractivity contribution in [2.45, 2.75) is 31.8 Å². The number of nitrogens with one attached hydrogen (secondary N) is 2. The van der Waals surface area contributed by atoms with E-state index < -0.39 is 11.7 Å². The molecule has 0 aliphatic carbocycles. The van der Waals surface area contributed by atoms with Gasteiger partial charge in [0.2, 0.25) is 5.91 Å². The molecule has 8 heteroatoms. The molecule has 5 nitrogen and oxygen atoms in total. The van der Waals surface area contributed by atoms with Crippen molar-refractivity contribution in [3.05, 3.63) is 59.2 Å². The SMILES string of the molecule is COc1cc(CNC2CCNC2=O)ccc1OCc1ccc(C(F)(F)F)cc1. The lowest BCUT2D eigenvalue weighted by Gasteiger charge is -2.14. The topological polar surface area (TPSA) is 59.6 Å². The number of rotatable bonds is 7. The minimum absolute atomic E-state index is 0.00320. The van der Waals surface area contributed by atoms with Crippen LogP contribution >= 0.6 is 0 Å². The third-order valence-electron chi connectivity index (χ3n) is 4.50. The first kappa shape index (κ1) is 20.0. The van der Waals surface area contributed by atoms with E-state index in [1.54, 1.807) is 6.07 Å². The van der Waals surface area contributed by atoms with Gasteiger partial charge in [-0.15, -0.1) is 0 Å². The molecule has 1 unspecified atom stereocenters. The highest BCUT2D eigenvalue weighted by Gasteiger charge is 2.30. The van der Waals surface area contributed by atoms with E-state index in [9.17, 15) is 18.0 Å². The second-order valence-electron chi connectivity index (χ2n) is 6.48. The molecular weight excluding hydrogens is 373 g/mol. The van der Waals surface area contributed by atoms with Crippen molar-refractivity contribution in [3.63, 3.8) is 0 Å². The predicted molar refractivity (Wildman–Crippen MR) is 97.0 cm³/mol. The average molecular weight is 394 g/mol. The van der Waals surface area contributed by atoms with Gasteiger partial charge in [0.15, 0.2) is 11.5 Å². The van der Waals surface area contributed by atoms with Gasteiger partial charge in [-0.1, -0.05) is 18.2 Å². The van der Waals surface area contributed by atoms with Gasteiger partial charge in [-0.25, -0.2) is 0 Å². The molecule has 2 aromatic rings. The highest BCUT2D eigenvalue weighted by Crippen LogP contribution is 2.31. The second-order valence-corrected chi connectivity index (χ2v) is 6.48. The van der Waals surface area contributed by atoms with Crippen LogP contribution in [0, 0.1) is 0 Å². The van der Waals surface area contributed by atoms with Gasteiger partial charge in [-0.05, 0) is 41.8 Å². The van der Waals surface area contributed by atoms with Crippen LogP contribution in [0.25, 0.3) is 0 Å². The zero-order valence-electron chi connectivity index (χ0n) is 15.3. The Kier molecular flexibility index (Phi) is 6.08. The number of alkyl halides is 3. The van der Waals surface area contributed by atoms with Crippen molar-refractivity contribution >= 4 is 5.91 Å². The normalized spacial score (nSPS) is 16.7. The molecule has 1 atom stereocenters. The van der Waals surface area contributed by atoms with Crippen molar-refractivity contribution in [1.29, 1.82) is 0 Å². The highest BCUT2D eigenvalue weighted by atomic mass is 19.4. The molecule has 0 radical (unpaired) electrons. The Morgan fingerprint density at radius 1 is 1.11 bits per heavy atom. The van der Waals surface area contributed by atoms with Crippen LogP contribution in [0.3, 0.4) is 0 Å².